The third kappa shape index (κ3) is 5.88. The second kappa shape index (κ2) is 10.6. The van der Waals surface area contributed by atoms with E-state index in [0.717, 1.165) is 36.9 Å². The Hall–Kier alpha value is -2.33. The lowest BCUT2D eigenvalue weighted by Gasteiger charge is -2.24. The largest absolute Gasteiger partial charge is 0.396 e. The van der Waals surface area contributed by atoms with Crippen LogP contribution in [0.2, 0.25) is 0 Å². The maximum absolute atomic E-state index is 12.9. The average molecular weight is 373 g/mol. The van der Waals surface area contributed by atoms with Gasteiger partial charge in [0.25, 0.3) is 5.91 Å². The van der Waals surface area contributed by atoms with Gasteiger partial charge in [-0.1, -0.05) is 53.7 Å². The molecular weight excluding hydrogens is 348 g/mol. The molecule has 2 aromatic carbocycles. The number of benzene rings is 2. The zero-order valence-corrected chi connectivity index (χ0v) is 15.6. The Morgan fingerprint density at radius 2 is 1.77 bits per heavy atom. The summed E-state index contributed by atoms with van der Waals surface area (Å²) in [7, 11) is 0. The first-order valence-electron chi connectivity index (χ1n) is 8.86. The topological polar surface area (TPSA) is 41.9 Å². The fourth-order valence-corrected chi connectivity index (χ4v) is 3.04. The number of carbonyl (C=O) groups excluding carboxylic acids is 1. The number of carbonyl (C=O) groups is 1. The molecule has 5 heteroatoms. The van der Waals surface area contributed by atoms with E-state index in [9.17, 15) is 4.79 Å². The molecule has 26 heavy (non-hydrogen) atoms. The van der Waals surface area contributed by atoms with E-state index >= 15 is 0 Å². The predicted molar refractivity (Wildman–Crippen MR) is 107 cm³/mol. The Kier molecular flexibility index (Phi) is 8.16. The second-order valence-corrected chi connectivity index (χ2v) is 6.36. The standard InChI is InChI=1S/C21H24N2O2.ClH/c24-21(20-11-5-2-6-12-20)23(17-19-8-3-1-4-9-19)14-7-10-18-13-15-25-22-16-18;/h1-6,8-9,11-12,16,18H,7,10,13-15,17H2;1H. The van der Waals surface area contributed by atoms with Gasteiger partial charge in [0.15, 0.2) is 0 Å². The summed E-state index contributed by atoms with van der Waals surface area (Å²) in [4.78, 5) is 19.9. The van der Waals surface area contributed by atoms with Crippen molar-refractivity contribution in [2.75, 3.05) is 13.2 Å². The third-order valence-corrected chi connectivity index (χ3v) is 4.45. The summed E-state index contributed by atoms with van der Waals surface area (Å²) in [5.41, 5.74) is 1.89. The zero-order chi connectivity index (χ0) is 17.3. The molecule has 1 heterocycles. The van der Waals surface area contributed by atoms with E-state index < -0.39 is 0 Å². The molecule has 0 saturated heterocycles. The van der Waals surface area contributed by atoms with Gasteiger partial charge in [-0.25, -0.2) is 0 Å². The number of amides is 1. The van der Waals surface area contributed by atoms with E-state index in [-0.39, 0.29) is 18.3 Å². The molecule has 0 aliphatic carbocycles. The Labute approximate surface area is 161 Å². The fraction of sp³-hybridized carbons (Fsp3) is 0.333. The van der Waals surface area contributed by atoms with Gasteiger partial charge >= 0.3 is 0 Å². The maximum Gasteiger partial charge on any atom is 0.254 e. The fourth-order valence-electron chi connectivity index (χ4n) is 3.04. The van der Waals surface area contributed by atoms with Crippen molar-refractivity contribution in [2.45, 2.75) is 25.8 Å². The lowest BCUT2D eigenvalue weighted by atomic mass is 10.0. The molecule has 0 aromatic heterocycles. The molecule has 0 saturated carbocycles. The van der Waals surface area contributed by atoms with Crippen LogP contribution in [-0.4, -0.2) is 30.2 Å². The summed E-state index contributed by atoms with van der Waals surface area (Å²) >= 11 is 0. The predicted octanol–water partition coefficient (Wildman–Crippen LogP) is 4.55. The van der Waals surface area contributed by atoms with E-state index in [1.165, 1.54) is 0 Å². The molecule has 0 radical (unpaired) electrons. The van der Waals surface area contributed by atoms with Crippen molar-refractivity contribution in [1.29, 1.82) is 0 Å². The van der Waals surface area contributed by atoms with Crippen LogP contribution in [0.1, 0.15) is 35.2 Å². The van der Waals surface area contributed by atoms with Gasteiger partial charge in [-0.05, 0) is 37.0 Å². The van der Waals surface area contributed by atoms with Crippen molar-refractivity contribution in [2.24, 2.45) is 11.1 Å². The van der Waals surface area contributed by atoms with Gasteiger partial charge in [-0.15, -0.1) is 12.4 Å². The molecule has 1 atom stereocenters. The molecule has 0 fully saturated rings. The lowest BCUT2D eigenvalue weighted by Crippen LogP contribution is -2.32. The van der Waals surface area contributed by atoms with Crippen LogP contribution in [-0.2, 0) is 11.4 Å². The number of halogens is 1. The first kappa shape index (κ1) is 20.0. The minimum absolute atomic E-state index is 0. The molecule has 0 spiro atoms. The average Bonchev–Trinajstić information content (AvgIpc) is 2.69. The van der Waals surface area contributed by atoms with Crippen molar-refractivity contribution in [1.82, 2.24) is 4.90 Å². The van der Waals surface area contributed by atoms with E-state index in [2.05, 4.69) is 17.3 Å². The summed E-state index contributed by atoms with van der Waals surface area (Å²) in [6.07, 6.45) is 4.89. The van der Waals surface area contributed by atoms with Crippen molar-refractivity contribution in [3.8, 4) is 0 Å². The minimum Gasteiger partial charge on any atom is -0.396 e. The highest BCUT2D eigenvalue weighted by Crippen LogP contribution is 2.16. The van der Waals surface area contributed by atoms with Crippen LogP contribution in [0.15, 0.2) is 65.8 Å². The molecule has 2 aromatic rings. The normalized spacial score (nSPS) is 15.6. The molecular formula is C21H25ClN2O2. The summed E-state index contributed by atoms with van der Waals surface area (Å²) in [5.74, 6) is 0.546. The Bertz CT molecular complexity index is 692. The SMILES string of the molecule is Cl.O=C(c1ccccc1)N(CCCC1C=NOCC1)Cc1ccccc1. The number of oxime groups is 1. The van der Waals surface area contributed by atoms with Gasteiger partial charge in [-0.3, -0.25) is 4.79 Å². The molecule has 0 N–H and O–H groups in total. The van der Waals surface area contributed by atoms with Gasteiger partial charge in [0.1, 0.15) is 6.61 Å². The molecule has 0 bridgehead atoms. The zero-order valence-electron chi connectivity index (χ0n) is 14.8. The van der Waals surface area contributed by atoms with Crippen LogP contribution >= 0.6 is 12.4 Å². The summed E-state index contributed by atoms with van der Waals surface area (Å²) in [6.45, 7) is 2.07. The van der Waals surface area contributed by atoms with E-state index in [1.807, 2.05) is 59.6 Å². The van der Waals surface area contributed by atoms with Gasteiger partial charge in [0, 0.05) is 30.8 Å². The smallest absolute Gasteiger partial charge is 0.254 e. The summed E-state index contributed by atoms with van der Waals surface area (Å²) < 4.78 is 0. The second-order valence-electron chi connectivity index (χ2n) is 6.36. The first-order valence-corrected chi connectivity index (χ1v) is 8.86. The number of nitrogens with zero attached hydrogens (tertiary/aromatic N) is 2. The molecule has 4 nitrogen and oxygen atoms in total. The molecule has 1 aliphatic rings. The van der Waals surface area contributed by atoms with Gasteiger partial charge < -0.3 is 9.74 Å². The van der Waals surface area contributed by atoms with E-state index in [0.29, 0.717) is 19.1 Å². The molecule has 1 unspecified atom stereocenters. The van der Waals surface area contributed by atoms with Crippen molar-refractivity contribution in [3.05, 3.63) is 71.8 Å². The van der Waals surface area contributed by atoms with Crippen LogP contribution in [0.4, 0.5) is 0 Å². The van der Waals surface area contributed by atoms with Crippen LogP contribution < -0.4 is 0 Å². The number of hydrogen-bond donors (Lipinski definition) is 0. The van der Waals surface area contributed by atoms with Crippen LogP contribution in [0.3, 0.4) is 0 Å². The summed E-state index contributed by atoms with van der Waals surface area (Å²) in [6, 6.07) is 19.7. The third-order valence-electron chi connectivity index (χ3n) is 4.45. The van der Waals surface area contributed by atoms with E-state index in [4.69, 9.17) is 4.84 Å². The Morgan fingerprint density at radius 1 is 1.08 bits per heavy atom. The number of hydrogen-bond acceptors (Lipinski definition) is 3. The van der Waals surface area contributed by atoms with E-state index in [1.54, 1.807) is 0 Å². The Balaban J connectivity index is 0.00000243. The maximum atomic E-state index is 12.9. The molecule has 3 rings (SSSR count). The molecule has 138 valence electrons. The van der Waals surface area contributed by atoms with Crippen LogP contribution in [0.25, 0.3) is 0 Å². The highest BCUT2D eigenvalue weighted by Gasteiger charge is 2.17. The Morgan fingerprint density at radius 3 is 2.42 bits per heavy atom. The molecule has 1 aliphatic heterocycles. The van der Waals surface area contributed by atoms with Gasteiger partial charge in [-0.2, -0.15) is 0 Å². The minimum atomic E-state index is 0. The quantitative estimate of drug-likeness (QED) is 0.715. The number of rotatable bonds is 7. The first-order chi connectivity index (χ1) is 12.3. The molecule has 1 amide bonds. The van der Waals surface area contributed by atoms with Gasteiger partial charge in [0.2, 0.25) is 0 Å². The van der Waals surface area contributed by atoms with Crippen molar-refractivity contribution < 1.29 is 9.63 Å². The lowest BCUT2D eigenvalue weighted by molar-refractivity contribution is 0.0735. The van der Waals surface area contributed by atoms with Crippen LogP contribution in [0.5, 0.6) is 0 Å². The summed E-state index contributed by atoms with van der Waals surface area (Å²) in [5, 5.41) is 3.90. The van der Waals surface area contributed by atoms with Crippen molar-refractivity contribution >= 4 is 24.5 Å². The highest BCUT2D eigenvalue weighted by atomic mass is 35.5. The monoisotopic (exact) mass is 372 g/mol. The highest BCUT2D eigenvalue weighted by molar-refractivity contribution is 5.94. The van der Waals surface area contributed by atoms with Crippen LogP contribution in [0, 0.1) is 5.92 Å². The van der Waals surface area contributed by atoms with Crippen molar-refractivity contribution in [3.63, 3.8) is 0 Å². The van der Waals surface area contributed by atoms with Gasteiger partial charge in [0.05, 0.1) is 0 Å².